The number of alkyl halides is 3. The van der Waals surface area contributed by atoms with E-state index in [4.69, 9.17) is 5.73 Å². The first-order valence-corrected chi connectivity index (χ1v) is 7.48. The Morgan fingerprint density at radius 2 is 1.75 bits per heavy atom. The molecule has 0 fully saturated rings. The number of nitrogens with two attached hydrogens (primary N) is 1. The molecule has 0 amide bonds. The van der Waals surface area contributed by atoms with Crippen molar-refractivity contribution in [3.05, 3.63) is 59.9 Å². The molecule has 0 spiro atoms. The van der Waals surface area contributed by atoms with E-state index >= 15 is 0 Å². The van der Waals surface area contributed by atoms with Gasteiger partial charge in [-0.2, -0.15) is 13.2 Å². The number of halogens is 4. The minimum Gasteiger partial charge on any atom is -0.387 e. The van der Waals surface area contributed by atoms with Gasteiger partial charge in [-0.05, 0) is 30.2 Å². The maximum Gasteiger partial charge on any atom is 0.394 e. The first-order valence-electron chi connectivity index (χ1n) is 7.48. The van der Waals surface area contributed by atoms with E-state index < -0.39 is 29.9 Å². The molecule has 0 aromatic heterocycles. The van der Waals surface area contributed by atoms with Gasteiger partial charge in [0, 0.05) is 12.0 Å². The Kier molecular flexibility index (Phi) is 3.86. The van der Waals surface area contributed by atoms with Gasteiger partial charge in [0.05, 0.1) is 17.3 Å². The summed E-state index contributed by atoms with van der Waals surface area (Å²) in [5, 5.41) is 0. The number of rotatable bonds is 2. The predicted molar refractivity (Wildman–Crippen MR) is 85.0 cm³/mol. The summed E-state index contributed by atoms with van der Waals surface area (Å²) >= 11 is 0. The molecule has 0 saturated carbocycles. The molecule has 0 saturated heterocycles. The molecule has 6 heteroatoms. The van der Waals surface area contributed by atoms with Gasteiger partial charge in [-0.25, -0.2) is 4.39 Å². The van der Waals surface area contributed by atoms with E-state index in [9.17, 15) is 17.6 Å². The lowest BCUT2D eigenvalue weighted by Gasteiger charge is -2.31. The van der Waals surface area contributed by atoms with Crippen molar-refractivity contribution in [1.29, 1.82) is 0 Å². The van der Waals surface area contributed by atoms with Crippen LogP contribution in [-0.4, -0.2) is 12.0 Å². The highest BCUT2D eigenvalue weighted by molar-refractivity contribution is 5.83. The fraction of sp³-hybridized carbons (Fsp3) is 0.278. The predicted octanol–water partition coefficient (Wildman–Crippen LogP) is 4.65. The topological polar surface area (TPSA) is 38.4 Å². The Hall–Kier alpha value is -2.37. The first kappa shape index (κ1) is 16.5. The van der Waals surface area contributed by atoms with Crippen molar-refractivity contribution >= 4 is 5.84 Å². The van der Waals surface area contributed by atoms with Crippen LogP contribution in [0.5, 0.6) is 0 Å². The molecule has 1 heterocycles. The van der Waals surface area contributed by atoms with Crippen LogP contribution >= 0.6 is 0 Å². The third kappa shape index (κ3) is 2.77. The van der Waals surface area contributed by atoms with Gasteiger partial charge in [0.2, 0.25) is 0 Å². The summed E-state index contributed by atoms with van der Waals surface area (Å²) in [7, 11) is 0. The smallest absolute Gasteiger partial charge is 0.387 e. The molecule has 3 rings (SSSR count). The Labute approximate surface area is 137 Å². The molecule has 0 unspecified atom stereocenters. The molecule has 1 aliphatic rings. The fourth-order valence-corrected chi connectivity index (χ4v) is 3.24. The van der Waals surface area contributed by atoms with Gasteiger partial charge >= 0.3 is 6.18 Å². The van der Waals surface area contributed by atoms with Crippen molar-refractivity contribution < 1.29 is 17.6 Å². The van der Waals surface area contributed by atoms with E-state index in [0.717, 1.165) is 5.56 Å². The zero-order valence-electron chi connectivity index (χ0n) is 12.9. The summed E-state index contributed by atoms with van der Waals surface area (Å²) in [5.41, 5.74) is 5.13. The van der Waals surface area contributed by atoms with E-state index in [0.29, 0.717) is 5.56 Å². The summed E-state index contributed by atoms with van der Waals surface area (Å²) in [5.74, 6) is -2.67. The third-order valence-corrected chi connectivity index (χ3v) is 4.48. The van der Waals surface area contributed by atoms with Gasteiger partial charge < -0.3 is 5.73 Å². The molecule has 0 radical (unpaired) electrons. The SMILES string of the molecule is C[C@]1(c2cc(-c3ccccc3)ccc2F)N=C(N)C[C@H]1C(F)(F)F. The second kappa shape index (κ2) is 5.61. The Balaban J connectivity index is 2.14. The average Bonchev–Trinajstić information content (AvgIpc) is 2.84. The Bertz CT molecular complexity index is 783. The number of amidine groups is 1. The van der Waals surface area contributed by atoms with E-state index in [1.807, 2.05) is 30.3 Å². The first-order chi connectivity index (χ1) is 11.2. The van der Waals surface area contributed by atoms with Crippen LogP contribution in [-0.2, 0) is 5.54 Å². The van der Waals surface area contributed by atoms with Crippen LogP contribution in [0.2, 0.25) is 0 Å². The van der Waals surface area contributed by atoms with E-state index in [1.165, 1.54) is 19.1 Å². The van der Waals surface area contributed by atoms with Gasteiger partial charge in [-0.15, -0.1) is 0 Å². The lowest BCUT2D eigenvalue weighted by atomic mass is 9.79. The van der Waals surface area contributed by atoms with Gasteiger partial charge in [-0.3, -0.25) is 4.99 Å². The highest BCUT2D eigenvalue weighted by atomic mass is 19.4. The second-order valence-corrected chi connectivity index (χ2v) is 6.11. The van der Waals surface area contributed by atoms with E-state index in [1.54, 1.807) is 6.07 Å². The molecule has 126 valence electrons. The van der Waals surface area contributed by atoms with Crippen LogP contribution in [0.4, 0.5) is 17.6 Å². The number of nitrogens with zero attached hydrogens (tertiary/aromatic N) is 1. The minimum absolute atomic E-state index is 0.0911. The Morgan fingerprint density at radius 1 is 1.08 bits per heavy atom. The van der Waals surface area contributed by atoms with Crippen molar-refractivity contribution in [3.63, 3.8) is 0 Å². The summed E-state index contributed by atoms with van der Waals surface area (Å²) in [4.78, 5) is 3.97. The zero-order chi connectivity index (χ0) is 17.5. The van der Waals surface area contributed by atoms with Crippen LogP contribution in [0, 0.1) is 11.7 Å². The number of hydrogen-bond acceptors (Lipinski definition) is 2. The molecular formula is C18H16F4N2. The molecule has 2 aromatic rings. The lowest BCUT2D eigenvalue weighted by Crippen LogP contribution is -2.38. The number of benzene rings is 2. The highest BCUT2D eigenvalue weighted by Crippen LogP contribution is 2.49. The van der Waals surface area contributed by atoms with Crippen molar-refractivity contribution in [1.82, 2.24) is 0 Å². The van der Waals surface area contributed by atoms with Gasteiger partial charge in [-0.1, -0.05) is 36.4 Å². The highest BCUT2D eigenvalue weighted by Gasteiger charge is 2.56. The normalized spacial score (nSPS) is 24.0. The second-order valence-electron chi connectivity index (χ2n) is 6.11. The fourth-order valence-electron chi connectivity index (χ4n) is 3.24. The van der Waals surface area contributed by atoms with Crippen molar-refractivity contribution in [2.24, 2.45) is 16.6 Å². The van der Waals surface area contributed by atoms with Crippen LogP contribution in [0.3, 0.4) is 0 Å². The maximum absolute atomic E-state index is 14.4. The van der Waals surface area contributed by atoms with Crippen molar-refractivity contribution in [3.8, 4) is 11.1 Å². The standard InChI is InChI=1S/C18H16F4N2/c1-17(15(18(20,21)22)10-16(23)24-17)13-9-12(7-8-14(13)19)11-5-3-2-4-6-11/h2-9,15H,10H2,1H3,(H2,23,24)/t15-,17-/m1/s1. The van der Waals surface area contributed by atoms with Crippen molar-refractivity contribution in [2.75, 3.05) is 0 Å². The van der Waals surface area contributed by atoms with Gasteiger partial charge in [0.25, 0.3) is 0 Å². The van der Waals surface area contributed by atoms with Crippen LogP contribution in [0.15, 0.2) is 53.5 Å². The molecule has 2 atom stereocenters. The molecule has 2 nitrogen and oxygen atoms in total. The van der Waals surface area contributed by atoms with Crippen LogP contribution in [0.25, 0.3) is 11.1 Å². The molecular weight excluding hydrogens is 320 g/mol. The molecule has 0 aliphatic carbocycles. The summed E-state index contributed by atoms with van der Waals surface area (Å²) in [6.45, 7) is 1.29. The largest absolute Gasteiger partial charge is 0.394 e. The van der Waals surface area contributed by atoms with E-state index in [2.05, 4.69) is 4.99 Å². The summed E-state index contributed by atoms with van der Waals surface area (Å²) in [6, 6.07) is 13.2. The molecule has 1 aliphatic heterocycles. The quantitative estimate of drug-likeness (QED) is 0.797. The minimum atomic E-state index is -4.52. The van der Waals surface area contributed by atoms with Gasteiger partial charge in [0.15, 0.2) is 0 Å². The monoisotopic (exact) mass is 336 g/mol. The average molecular weight is 336 g/mol. The van der Waals surface area contributed by atoms with Crippen LogP contribution in [0.1, 0.15) is 18.9 Å². The van der Waals surface area contributed by atoms with Crippen LogP contribution < -0.4 is 5.73 Å². The lowest BCUT2D eigenvalue weighted by molar-refractivity contribution is -0.187. The molecule has 2 N–H and O–H groups in total. The Morgan fingerprint density at radius 3 is 2.38 bits per heavy atom. The molecule has 0 bridgehead atoms. The molecule has 2 aromatic carbocycles. The third-order valence-electron chi connectivity index (χ3n) is 4.48. The summed E-state index contributed by atoms with van der Waals surface area (Å²) < 4.78 is 54.7. The molecule has 24 heavy (non-hydrogen) atoms. The maximum atomic E-state index is 14.4. The van der Waals surface area contributed by atoms with Gasteiger partial charge in [0.1, 0.15) is 5.82 Å². The zero-order valence-corrected chi connectivity index (χ0v) is 12.9. The van der Waals surface area contributed by atoms with E-state index in [-0.39, 0.29) is 11.4 Å². The summed E-state index contributed by atoms with van der Waals surface area (Å²) in [6.07, 6.45) is -4.94. The van der Waals surface area contributed by atoms with Crippen molar-refractivity contribution in [2.45, 2.75) is 25.1 Å². The number of hydrogen-bond donors (Lipinski definition) is 1. The number of aliphatic imine (C=N–C) groups is 1.